The first-order valence-corrected chi connectivity index (χ1v) is 2.40. The lowest BCUT2D eigenvalue weighted by atomic mass is 10.2. The van der Waals surface area contributed by atoms with E-state index in [2.05, 4.69) is 26.0 Å². The molecule has 36 valence electrons. The SMILES string of the molecule is C/C=C\C(C)C. The monoisotopic (exact) mass is 84.1 g/mol. The highest BCUT2D eigenvalue weighted by atomic mass is 13.8. The first kappa shape index (κ1) is 5.74. The van der Waals surface area contributed by atoms with Crippen molar-refractivity contribution in [2.45, 2.75) is 20.8 Å². The van der Waals surface area contributed by atoms with Gasteiger partial charge in [-0.25, -0.2) is 0 Å². The number of allylic oxidation sites excluding steroid dienone is 2. The third-order valence-corrected chi connectivity index (χ3v) is 0.577. The minimum absolute atomic E-state index is 0.718. The van der Waals surface area contributed by atoms with Gasteiger partial charge in [-0.3, -0.25) is 0 Å². The quantitative estimate of drug-likeness (QED) is 0.427. The van der Waals surface area contributed by atoms with Gasteiger partial charge in [0.05, 0.1) is 0 Å². The molecule has 6 heavy (non-hydrogen) atoms. The zero-order valence-electron chi connectivity index (χ0n) is 4.73. The van der Waals surface area contributed by atoms with E-state index in [9.17, 15) is 0 Å². The molecule has 0 spiro atoms. The summed E-state index contributed by atoms with van der Waals surface area (Å²) in [6.45, 7) is 6.38. The zero-order valence-corrected chi connectivity index (χ0v) is 4.73. The fraction of sp³-hybridized carbons (Fsp3) is 0.667. The van der Waals surface area contributed by atoms with Crippen molar-refractivity contribution in [1.82, 2.24) is 0 Å². The molecule has 0 nitrogen and oxygen atoms in total. The van der Waals surface area contributed by atoms with Crippen molar-refractivity contribution in [2.24, 2.45) is 5.92 Å². The smallest absolute Gasteiger partial charge is 0.0291 e. The molecule has 0 radical (unpaired) electrons. The average Bonchev–Trinajstić information content (AvgIpc) is 1.35. The lowest BCUT2D eigenvalue weighted by Crippen LogP contribution is -1.73. The Morgan fingerprint density at radius 3 is 1.83 bits per heavy atom. The largest absolute Gasteiger partial charge is 0.0914 e. The van der Waals surface area contributed by atoms with Crippen molar-refractivity contribution >= 4 is 0 Å². The predicted molar refractivity (Wildman–Crippen MR) is 29.7 cm³/mol. The summed E-state index contributed by atoms with van der Waals surface area (Å²) in [7, 11) is 0. The van der Waals surface area contributed by atoms with Crippen molar-refractivity contribution in [3.8, 4) is 0 Å². The molecule has 0 aromatic heterocycles. The van der Waals surface area contributed by atoms with Crippen LogP contribution in [0, 0.1) is 5.92 Å². The summed E-state index contributed by atoms with van der Waals surface area (Å²) in [6, 6.07) is 0. The minimum Gasteiger partial charge on any atom is -0.0914 e. The average molecular weight is 84.2 g/mol. The summed E-state index contributed by atoms with van der Waals surface area (Å²) in [5.41, 5.74) is 0. The molecule has 0 aliphatic carbocycles. The topological polar surface area (TPSA) is 0 Å². The highest BCUT2D eigenvalue weighted by Gasteiger charge is 1.76. The summed E-state index contributed by atoms with van der Waals surface area (Å²) in [5, 5.41) is 0. The van der Waals surface area contributed by atoms with Gasteiger partial charge < -0.3 is 0 Å². The Morgan fingerprint density at radius 2 is 1.83 bits per heavy atom. The summed E-state index contributed by atoms with van der Waals surface area (Å²) >= 11 is 0. The Bertz CT molecular complexity index is 42.0. The van der Waals surface area contributed by atoms with Gasteiger partial charge in [-0.2, -0.15) is 0 Å². The van der Waals surface area contributed by atoms with E-state index < -0.39 is 0 Å². The van der Waals surface area contributed by atoms with Crippen LogP contribution >= 0.6 is 0 Å². The van der Waals surface area contributed by atoms with Gasteiger partial charge in [-0.15, -0.1) is 0 Å². The number of rotatable bonds is 1. The number of hydrogen-bond acceptors (Lipinski definition) is 0. The van der Waals surface area contributed by atoms with Crippen molar-refractivity contribution < 1.29 is 0 Å². The third-order valence-electron chi connectivity index (χ3n) is 0.577. The molecule has 0 amide bonds. The van der Waals surface area contributed by atoms with Gasteiger partial charge in [-0.05, 0) is 12.8 Å². The molecule has 0 heterocycles. The summed E-state index contributed by atoms with van der Waals surface area (Å²) in [5.74, 6) is 0.718. The highest BCUT2D eigenvalue weighted by molar-refractivity contribution is 4.79. The standard InChI is InChI=1S/C6H12/c1-4-5-6(2)3/h4-6H,1-3H3/b5-4-. The van der Waals surface area contributed by atoms with E-state index in [-0.39, 0.29) is 0 Å². The molecule has 0 saturated heterocycles. The van der Waals surface area contributed by atoms with Gasteiger partial charge in [0.15, 0.2) is 0 Å². The molecule has 0 unspecified atom stereocenters. The molecule has 0 aromatic rings. The van der Waals surface area contributed by atoms with E-state index >= 15 is 0 Å². The molecule has 0 N–H and O–H groups in total. The van der Waals surface area contributed by atoms with E-state index in [1.807, 2.05) is 6.92 Å². The van der Waals surface area contributed by atoms with Crippen molar-refractivity contribution in [3.05, 3.63) is 12.2 Å². The van der Waals surface area contributed by atoms with Gasteiger partial charge >= 0.3 is 0 Å². The predicted octanol–water partition coefficient (Wildman–Crippen LogP) is 2.22. The van der Waals surface area contributed by atoms with Gasteiger partial charge in [0.2, 0.25) is 0 Å². The van der Waals surface area contributed by atoms with E-state index in [1.54, 1.807) is 0 Å². The van der Waals surface area contributed by atoms with Crippen LogP contribution in [0.1, 0.15) is 20.8 Å². The minimum atomic E-state index is 0.718. The van der Waals surface area contributed by atoms with Crippen LogP contribution in [0.5, 0.6) is 0 Å². The Hall–Kier alpha value is -0.260. The van der Waals surface area contributed by atoms with E-state index in [0.29, 0.717) is 0 Å². The van der Waals surface area contributed by atoms with Crippen LogP contribution < -0.4 is 0 Å². The molecule has 0 aliphatic heterocycles. The van der Waals surface area contributed by atoms with Crippen LogP contribution in [0.3, 0.4) is 0 Å². The van der Waals surface area contributed by atoms with E-state index in [1.165, 1.54) is 0 Å². The van der Waals surface area contributed by atoms with Crippen LogP contribution in [-0.2, 0) is 0 Å². The first-order chi connectivity index (χ1) is 2.77. The Morgan fingerprint density at radius 1 is 1.33 bits per heavy atom. The molecular weight excluding hydrogens is 72.1 g/mol. The lowest BCUT2D eigenvalue weighted by molar-refractivity contribution is 0.830. The summed E-state index contributed by atoms with van der Waals surface area (Å²) < 4.78 is 0. The van der Waals surface area contributed by atoms with E-state index in [0.717, 1.165) is 5.92 Å². The highest BCUT2D eigenvalue weighted by Crippen LogP contribution is 1.90. The van der Waals surface area contributed by atoms with Crippen LogP contribution in [0.15, 0.2) is 12.2 Å². The Kier molecular flexibility index (Phi) is 2.82. The van der Waals surface area contributed by atoms with Gasteiger partial charge in [-0.1, -0.05) is 26.0 Å². The molecule has 0 saturated carbocycles. The van der Waals surface area contributed by atoms with Crippen molar-refractivity contribution in [1.29, 1.82) is 0 Å². The second kappa shape index (κ2) is 2.95. The molecule has 0 bridgehead atoms. The second-order valence-corrected chi connectivity index (χ2v) is 1.77. The van der Waals surface area contributed by atoms with Crippen LogP contribution in [0.4, 0.5) is 0 Å². The van der Waals surface area contributed by atoms with Gasteiger partial charge in [0, 0.05) is 0 Å². The fourth-order valence-electron chi connectivity index (χ4n) is 0.385. The maximum absolute atomic E-state index is 2.17. The maximum atomic E-state index is 2.17. The van der Waals surface area contributed by atoms with Crippen LogP contribution in [-0.4, -0.2) is 0 Å². The molecule has 0 atom stereocenters. The summed E-state index contributed by atoms with van der Waals surface area (Å²) in [6.07, 6.45) is 4.24. The molecule has 0 aromatic carbocycles. The molecule has 0 heteroatoms. The second-order valence-electron chi connectivity index (χ2n) is 1.77. The Balaban J connectivity index is 3.03. The zero-order chi connectivity index (χ0) is 4.99. The number of hydrogen-bond donors (Lipinski definition) is 0. The molecule has 0 aliphatic rings. The van der Waals surface area contributed by atoms with Crippen LogP contribution in [0.25, 0.3) is 0 Å². The first-order valence-electron chi connectivity index (χ1n) is 2.40. The van der Waals surface area contributed by atoms with Gasteiger partial charge in [0.25, 0.3) is 0 Å². The fourth-order valence-corrected chi connectivity index (χ4v) is 0.385. The molecule has 0 fully saturated rings. The third kappa shape index (κ3) is 3.74. The van der Waals surface area contributed by atoms with Crippen molar-refractivity contribution in [2.75, 3.05) is 0 Å². The lowest BCUT2D eigenvalue weighted by Gasteiger charge is -1.86. The summed E-state index contributed by atoms with van der Waals surface area (Å²) in [4.78, 5) is 0. The Labute approximate surface area is 39.9 Å². The van der Waals surface area contributed by atoms with Crippen molar-refractivity contribution in [3.63, 3.8) is 0 Å². The van der Waals surface area contributed by atoms with Gasteiger partial charge in [0.1, 0.15) is 0 Å². The molecular formula is C6H12. The van der Waals surface area contributed by atoms with E-state index in [4.69, 9.17) is 0 Å². The maximum Gasteiger partial charge on any atom is -0.0291 e. The normalized spacial score (nSPS) is 11.3. The molecule has 0 rings (SSSR count). The van der Waals surface area contributed by atoms with Crippen LogP contribution in [0.2, 0.25) is 0 Å².